The van der Waals surface area contributed by atoms with Gasteiger partial charge in [-0.3, -0.25) is 4.40 Å². The van der Waals surface area contributed by atoms with Gasteiger partial charge in [0, 0.05) is 25.2 Å². The Morgan fingerprint density at radius 3 is 3.14 bits per heavy atom. The number of rotatable bonds is 1. The smallest absolute Gasteiger partial charge is 0.407 e. The molecule has 1 amide bonds. The molecule has 3 aromatic rings. The first-order valence-electron chi connectivity index (χ1n) is 7.30. The third-order valence-electron chi connectivity index (χ3n) is 4.53. The Kier molecular flexibility index (Phi) is 2.78. The fourth-order valence-corrected chi connectivity index (χ4v) is 3.22. The summed E-state index contributed by atoms with van der Waals surface area (Å²) in [6.07, 6.45) is 3.46. The molecular weight excluding hydrogens is 284 g/mol. The normalized spacial score (nSPS) is 22.5. The molecule has 2 N–H and O–H groups in total. The SMILES string of the molecule is CC1CCN(C(=O)O)CC1c1nnc2cnc3[nH]ccc3n12. The highest BCUT2D eigenvalue weighted by Gasteiger charge is 2.33. The number of amides is 1. The van der Waals surface area contributed by atoms with Crippen molar-refractivity contribution in [2.24, 2.45) is 5.92 Å². The van der Waals surface area contributed by atoms with Gasteiger partial charge in [0.2, 0.25) is 0 Å². The van der Waals surface area contributed by atoms with Crippen LogP contribution in [0.25, 0.3) is 16.8 Å². The zero-order chi connectivity index (χ0) is 15.3. The summed E-state index contributed by atoms with van der Waals surface area (Å²) in [5.74, 6) is 1.19. The van der Waals surface area contributed by atoms with Gasteiger partial charge in [-0.2, -0.15) is 0 Å². The van der Waals surface area contributed by atoms with Crippen LogP contribution in [0.15, 0.2) is 18.5 Å². The van der Waals surface area contributed by atoms with E-state index in [4.69, 9.17) is 0 Å². The third-order valence-corrected chi connectivity index (χ3v) is 4.53. The zero-order valence-electron chi connectivity index (χ0n) is 12.1. The fraction of sp³-hybridized carbons (Fsp3) is 0.429. The van der Waals surface area contributed by atoms with Gasteiger partial charge >= 0.3 is 6.09 Å². The highest BCUT2D eigenvalue weighted by molar-refractivity contribution is 5.74. The molecule has 4 rings (SSSR count). The second kappa shape index (κ2) is 4.69. The van der Waals surface area contributed by atoms with Crippen LogP contribution in [-0.4, -0.2) is 53.8 Å². The van der Waals surface area contributed by atoms with Gasteiger partial charge in [0.1, 0.15) is 5.82 Å². The Labute approximate surface area is 125 Å². The lowest BCUT2D eigenvalue weighted by atomic mass is 9.86. The zero-order valence-corrected chi connectivity index (χ0v) is 12.1. The van der Waals surface area contributed by atoms with E-state index in [0.717, 1.165) is 23.4 Å². The Morgan fingerprint density at radius 2 is 2.32 bits per heavy atom. The van der Waals surface area contributed by atoms with Gasteiger partial charge in [-0.15, -0.1) is 10.2 Å². The van der Waals surface area contributed by atoms with Gasteiger partial charge in [-0.1, -0.05) is 6.92 Å². The van der Waals surface area contributed by atoms with Crippen LogP contribution in [0.4, 0.5) is 4.79 Å². The van der Waals surface area contributed by atoms with Gasteiger partial charge in [0.25, 0.3) is 0 Å². The van der Waals surface area contributed by atoms with Crippen molar-refractivity contribution >= 4 is 22.9 Å². The van der Waals surface area contributed by atoms with E-state index in [0.29, 0.717) is 24.7 Å². The Bertz CT molecular complexity index is 853. The number of nitrogens with one attached hydrogen (secondary N) is 1. The summed E-state index contributed by atoms with van der Waals surface area (Å²) in [6, 6.07) is 1.94. The van der Waals surface area contributed by atoms with Gasteiger partial charge in [0.15, 0.2) is 11.3 Å². The number of piperidine rings is 1. The molecule has 8 heteroatoms. The van der Waals surface area contributed by atoms with E-state index in [1.807, 2.05) is 16.7 Å². The van der Waals surface area contributed by atoms with E-state index in [-0.39, 0.29) is 5.92 Å². The maximum Gasteiger partial charge on any atom is 0.407 e. The van der Waals surface area contributed by atoms with Crippen LogP contribution < -0.4 is 0 Å². The van der Waals surface area contributed by atoms with Crippen LogP contribution in [-0.2, 0) is 0 Å². The van der Waals surface area contributed by atoms with E-state index < -0.39 is 6.09 Å². The molecule has 1 aliphatic rings. The number of fused-ring (bicyclic) bond motifs is 3. The average molecular weight is 300 g/mol. The second-order valence-electron chi connectivity index (χ2n) is 5.82. The second-order valence-corrected chi connectivity index (χ2v) is 5.82. The number of carbonyl (C=O) groups is 1. The number of hydrogen-bond donors (Lipinski definition) is 2. The summed E-state index contributed by atoms with van der Waals surface area (Å²) in [7, 11) is 0. The van der Waals surface area contributed by atoms with Crippen LogP contribution in [0, 0.1) is 5.92 Å². The molecule has 1 aliphatic heterocycles. The van der Waals surface area contributed by atoms with Crippen LogP contribution in [0.3, 0.4) is 0 Å². The molecule has 0 spiro atoms. The van der Waals surface area contributed by atoms with Crippen LogP contribution in [0.1, 0.15) is 25.1 Å². The first-order valence-corrected chi connectivity index (χ1v) is 7.30. The molecule has 1 fully saturated rings. The molecule has 8 nitrogen and oxygen atoms in total. The van der Waals surface area contributed by atoms with Crippen molar-refractivity contribution in [3.63, 3.8) is 0 Å². The van der Waals surface area contributed by atoms with Gasteiger partial charge in [0.05, 0.1) is 11.7 Å². The molecule has 22 heavy (non-hydrogen) atoms. The highest BCUT2D eigenvalue weighted by Crippen LogP contribution is 2.32. The number of aromatic amines is 1. The molecule has 0 aliphatic carbocycles. The molecule has 3 aromatic heterocycles. The van der Waals surface area contributed by atoms with Crippen molar-refractivity contribution in [1.29, 1.82) is 0 Å². The van der Waals surface area contributed by atoms with Crippen molar-refractivity contribution in [2.75, 3.05) is 13.1 Å². The van der Waals surface area contributed by atoms with E-state index in [1.54, 1.807) is 6.20 Å². The lowest BCUT2D eigenvalue weighted by molar-refractivity contribution is 0.116. The van der Waals surface area contributed by atoms with Crippen LogP contribution >= 0.6 is 0 Å². The first kappa shape index (κ1) is 13.1. The summed E-state index contributed by atoms with van der Waals surface area (Å²) in [6.45, 7) is 3.16. The summed E-state index contributed by atoms with van der Waals surface area (Å²) in [4.78, 5) is 20.1. The van der Waals surface area contributed by atoms with Crippen molar-refractivity contribution in [1.82, 2.24) is 29.5 Å². The minimum absolute atomic E-state index is 0.0281. The Hall–Kier alpha value is -2.64. The van der Waals surface area contributed by atoms with Gasteiger partial charge in [-0.05, 0) is 18.4 Å². The molecule has 2 unspecified atom stereocenters. The summed E-state index contributed by atoms with van der Waals surface area (Å²) >= 11 is 0. The van der Waals surface area contributed by atoms with E-state index >= 15 is 0 Å². The van der Waals surface area contributed by atoms with E-state index in [1.165, 1.54) is 4.90 Å². The minimum Gasteiger partial charge on any atom is -0.465 e. The van der Waals surface area contributed by atoms with Crippen molar-refractivity contribution < 1.29 is 9.90 Å². The maximum atomic E-state index is 11.3. The lowest BCUT2D eigenvalue weighted by Crippen LogP contribution is -2.42. The Morgan fingerprint density at radius 1 is 1.45 bits per heavy atom. The topological polar surface area (TPSA) is 99.4 Å². The van der Waals surface area contributed by atoms with Gasteiger partial charge in [-0.25, -0.2) is 9.78 Å². The standard InChI is InChI=1S/C14H16N6O2/c1-8-3-5-19(14(21)22)7-9(8)13-18-17-11-6-16-12-10(20(11)13)2-4-15-12/h2,4,6,8-9,15H,3,5,7H2,1H3,(H,21,22). The molecule has 0 bridgehead atoms. The minimum atomic E-state index is -0.876. The molecule has 0 radical (unpaired) electrons. The summed E-state index contributed by atoms with van der Waals surface area (Å²) in [5.41, 5.74) is 2.37. The largest absolute Gasteiger partial charge is 0.465 e. The number of hydrogen-bond acceptors (Lipinski definition) is 4. The molecule has 2 atom stereocenters. The number of H-pyrrole nitrogens is 1. The molecule has 4 heterocycles. The molecule has 114 valence electrons. The van der Waals surface area contributed by atoms with Crippen molar-refractivity contribution in [2.45, 2.75) is 19.3 Å². The predicted octanol–water partition coefficient (Wildman–Crippen LogP) is 1.71. The quantitative estimate of drug-likeness (QED) is 0.712. The molecule has 1 saturated heterocycles. The predicted molar refractivity (Wildman–Crippen MR) is 78.8 cm³/mol. The average Bonchev–Trinajstić information content (AvgIpc) is 3.13. The van der Waals surface area contributed by atoms with E-state index in [9.17, 15) is 9.90 Å². The molecular formula is C14H16N6O2. The third kappa shape index (κ3) is 1.83. The van der Waals surface area contributed by atoms with Gasteiger partial charge < -0.3 is 15.0 Å². The van der Waals surface area contributed by atoms with Crippen LogP contribution in [0.2, 0.25) is 0 Å². The molecule has 0 saturated carbocycles. The number of aromatic nitrogens is 5. The molecule has 0 aromatic carbocycles. The maximum absolute atomic E-state index is 11.3. The van der Waals surface area contributed by atoms with E-state index in [2.05, 4.69) is 27.1 Å². The summed E-state index contributed by atoms with van der Waals surface area (Å²) in [5, 5.41) is 17.8. The lowest BCUT2D eigenvalue weighted by Gasteiger charge is -2.34. The van der Waals surface area contributed by atoms with Crippen LogP contribution in [0.5, 0.6) is 0 Å². The number of nitrogens with zero attached hydrogens (tertiary/aromatic N) is 5. The van der Waals surface area contributed by atoms with Crippen molar-refractivity contribution in [3.8, 4) is 0 Å². The fourth-order valence-electron chi connectivity index (χ4n) is 3.22. The number of likely N-dealkylation sites (tertiary alicyclic amines) is 1. The van der Waals surface area contributed by atoms with Crippen molar-refractivity contribution in [3.05, 3.63) is 24.3 Å². The first-order chi connectivity index (χ1) is 10.6. The monoisotopic (exact) mass is 300 g/mol. The Balaban J connectivity index is 1.85. The summed E-state index contributed by atoms with van der Waals surface area (Å²) < 4.78 is 1.98. The highest BCUT2D eigenvalue weighted by atomic mass is 16.4. The number of carboxylic acid groups (broad SMARTS) is 1.